The van der Waals surface area contributed by atoms with Crippen molar-refractivity contribution in [2.45, 2.75) is 19.7 Å². The summed E-state index contributed by atoms with van der Waals surface area (Å²) in [6.45, 7) is 1.61. The van der Waals surface area contributed by atoms with E-state index in [0.29, 0.717) is 41.2 Å². The Hall–Kier alpha value is -2.40. The molecule has 0 spiro atoms. The van der Waals surface area contributed by atoms with Crippen molar-refractivity contribution in [1.29, 1.82) is 0 Å². The van der Waals surface area contributed by atoms with Crippen molar-refractivity contribution in [3.63, 3.8) is 0 Å². The number of rotatable bonds is 9. The molecule has 0 aliphatic carbocycles. The van der Waals surface area contributed by atoms with Crippen molar-refractivity contribution in [2.75, 3.05) is 14.2 Å². The third-order valence-corrected chi connectivity index (χ3v) is 5.11. The van der Waals surface area contributed by atoms with Gasteiger partial charge in [-0.05, 0) is 29.8 Å². The van der Waals surface area contributed by atoms with Gasteiger partial charge in [-0.2, -0.15) is 0 Å². The van der Waals surface area contributed by atoms with Crippen LogP contribution in [-0.4, -0.2) is 14.2 Å². The Labute approximate surface area is 181 Å². The quantitative estimate of drug-likeness (QED) is 0.459. The number of benzene rings is 3. The van der Waals surface area contributed by atoms with E-state index in [9.17, 15) is 0 Å². The van der Waals surface area contributed by atoms with Gasteiger partial charge in [-0.3, -0.25) is 0 Å². The predicted octanol–water partition coefficient (Wildman–Crippen LogP) is 5.88. The molecule has 0 aliphatic rings. The zero-order valence-electron chi connectivity index (χ0n) is 16.4. The maximum absolute atomic E-state index is 6.48. The number of hydrogen-bond donors (Lipinski definition) is 1. The second-order valence-corrected chi connectivity index (χ2v) is 7.22. The van der Waals surface area contributed by atoms with Crippen LogP contribution in [0.25, 0.3) is 0 Å². The first-order valence-electron chi connectivity index (χ1n) is 9.17. The molecule has 0 heterocycles. The molecule has 0 aromatic heterocycles. The third-order valence-electron chi connectivity index (χ3n) is 4.46. The van der Waals surface area contributed by atoms with Gasteiger partial charge in [0.15, 0.2) is 11.5 Å². The lowest BCUT2D eigenvalue weighted by atomic mass is 10.1. The van der Waals surface area contributed by atoms with Crippen LogP contribution in [0.5, 0.6) is 17.2 Å². The van der Waals surface area contributed by atoms with E-state index >= 15 is 0 Å². The molecule has 0 saturated heterocycles. The Balaban J connectivity index is 1.67. The highest BCUT2D eigenvalue weighted by molar-refractivity contribution is 6.32. The summed E-state index contributed by atoms with van der Waals surface area (Å²) in [5, 5.41) is 4.55. The first-order valence-corrected chi connectivity index (χ1v) is 9.93. The Morgan fingerprint density at radius 3 is 2.17 bits per heavy atom. The van der Waals surface area contributed by atoms with E-state index in [1.807, 2.05) is 60.7 Å². The van der Waals surface area contributed by atoms with Crippen LogP contribution < -0.4 is 19.5 Å². The summed E-state index contributed by atoms with van der Waals surface area (Å²) in [5.41, 5.74) is 2.97. The molecular formula is C23H23Cl2NO3. The van der Waals surface area contributed by atoms with E-state index in [1.54, 1.807) is 14.2 Å². The third kappa shape index (κ3) is 5.57. The Morgan fingerprint density at radius 2 is 1.45 bits per heavy atom. The summed E-state index contributed by atoms with van der Waals surface area (Å²) >= 11 is 12.7. The maximum atomic E-state index is 6.48. The largest absolute Gasteiger partial charge is 0.496 e. The molecule has 4 nitrogen and oxygen atoms in total. The fraction of sp³-hybridized carbons (Fsp3) is 0.217. The summed E-state index contributed by atoms with van der Waals surface area (Å²) in [4.78, 5) is 0. The van der Waals surface area contributed by atoms with Crippen molar-refractivity contribution in [3.05, 3.63) is 87.4 Å². The minimum Gasteiger partial charge on any atom is -0.496 e. The molecule has 3 aromatic rings. The van der Waals surface area contributed by atoms with Crippen molar-refractivity contribution in [1.82, 2.24) is 5.32 Å². The molecule has 152 valence electrons. The van der Waals surface area contributed by atoms with E-state index in [1.165, 1.54) is 0 Å². The molecule has 3 rings (SSSR count). The van der Waals surface area contributed by atoms with Gasteiger partial charge in [0.1, 0.15) is 12.4 Å². The summed E-state index contributed by atoms with van der Waals surface area (Å²) < 4.78 is 16.8. The summed E-state index contributed by atoms with van der Waals surface area (Å²) in [7, 11) is 3.27. The molecule has 0 radical (unpaired) electrons. The fourth-order valence-corrected chi connectivity index (χ4v) is 3.45. The monoisotopic (exact) mass is 431 g/mol. The van der Waals surface area contributed by atoms with Crippen molar-refractivity contribution in [3.8, 4) is 17.2 Å². The number of nitrogens with one attached hydrogen (secondary N) is 1. The van der Waals surface area contributed by atoms with Crippen LogP contribution in [0.15, 0.2) is 60.7 Å². The minimum atomic E-state index is 0.307. The zero-order valence-corrected chi connectivity index (χ0v) is 17.9. The molecule has 1 N–H and O–H groups in total. The predicted molar refractivity (Wildman–Crippen MR) is 117 cm³/mol. The van der Waals surface area contributed by atoms with Crippen LogP contribution in [0.3, 0.4) is 0 Å². The number of hydrogen-bond acceptors (Lipinski definition) is 4. The van der Waals surface area contributed by atoms with Gasteiger partial charge >= 0.3 is 0 Å². The standard InChI is InChI=1S/C23H23Cl2NO3/c1-27-21-10-6-4-7-17(21)14-26-13-16-11-20(25)23(22(12-16)28-2)29-15-18-8-3-5-9-19(18)24/h3-12,26H,13-15H2,1-2H3. The number of halogens is 2. The van der Waals surface area contributed by atoms with Crippen LogP contribution in [0, 0.1) is 0 Å². The van der Waals surface area contributed by atoms with E-state index in [-0.39, 0.29) is 0 Å². The molecule has 0 fully saturated rings. The van der Waals surface area contributed by atoms with Crippen LogP contribution in [0.2, 0.25) is 10.0 Å². The lowest BCUT2D eigenvalue weighted by Gasteiger charge is -2.15. The van der Waals surface area contributed by atoms with Crippen molar-refractivity contribution in [2.24, 2.45) is 0 Å². The first kappa shape index (κ1) is 21.3. The Bertz CT molecular complexity index is 963. The van der Waals surface area contributed by atoms with E-state index in [0.717, 1.165) is 22.4 Å². The minimum absolute atomic E-state index is 0.307. The van der Waals surface area contributed by atoms with Gasteiger partial charge in [-0.1, -0.05) is 59.6 Å². The molecule has 0 saturated carbocycles. The average Bonchev–Trinajstić information content (AvgIpc) is 2.74. The van der Waals surface area contributed by atoms with Gasteiger partial charge in [0.25, 0.3) is 0 Å². The second kappa shape index (κ2) is 10.4. The van der Waals surface area contributed by atoms with Crippen LogP contribution in [-0.2, 0) is 19.7 Å². The van der Waals surface area contributed by atoms with Gasteiger partial charge in [-0.15, -0.1) is 0 Å². The van der Waals surface area contributed by atoms with Crippen LogP contribution in [0.4, 0.5) is 0 Å². The van der Waals surface area contributed by atoms with Crippen LogP contribution >= 0.6 is 23.2 Å². The number of methoxy groups -OCH3 is 2. The number of para-hydroxylation sites is 1. The van der Waals surface area contributed by atoms with E-state index in [4.69, 9.17) is 37.4 Å². The van der Waals surface area contributed by atoms with Gasteiger partial charge in [0, 0.05) is 29.2 Å². The molecule has 0 amide bonds. The molecule has 0 aliphatic heterocycles. The van der Waals surface area contributed by atoms with Crippen molar-refractivity contribution < 1.29 is 14.2 Å². The Morgan fingerprint density at radius 1 is 0.759 bits per heavy atom. The van der Waals surface area contributed by atoms with E-state index in [2.05, 4.69) is 5.32 Å². The number of ether oxygens (including phenoxy) is 3. The molecular weight excluding hydrogens is 409 g/mol. The highest BCUT2D eigenvalue weighted by atomic mass is 35.5. The van der Waals surface area contributed by atoms with Gasteiger partial charge in [0.2, 0.25) is 0 Å². The Kier molecular flexibility index (Phi) is 7.64. The summed E-state index contributed by atoms with van der Waals surface area (Å²) in [6.07, 6.45) is 0. The van der Waals surface area contributed by atoms with Gasteiger partial charge in [-0.25, -0.2) is 0 Å². The molecule has 6 heteroatoms. The lowest BCUT2D eigenvalue weighted by molar-refractivity contribution is 0.284. The van der Waals surface area contributed by atoms with E-state index < -0.39 is 0 Å². The van der Waals surface area contributed by atoms with Crippen molar-refractivity contribution >= 4 is 23.2 Å². The summed E-state index contributed by atoms with van der Waals surface area (Å²) in [6, 6.07) is 19.3. The molecule has 0 atom stereocenters. The average molecular weight is 432 g/mol. The fourth-order valence-electron chi connectivity index (χ4n) is 2.97. The van der Waals surface area contributed by atoms with Crippen LogP contribution in [0.1, 0.15) is 16.7 Å². The normalized spacial score (nSPS) is 10.6. The topological polar surface area (TPSA) is 39.7 Å². The zero-order chi connectivity index (χ0) is 20.6. The van der Waals surface area contributed by atoms with Gasteiger partial charge < -0.3 is 19.5 Å². The highest BCUT2D eigenvalue weighted by Gasteiger charge is 2.13. The smallest absolute Gasteiger partial charge is 0.180 e. The first-order chi connectivity index (χ1) is 14.1. The highest BCUT2D eigenvalue weighted by Crippen LogP contribution is 2.37. The SMILES string of the molecule is COc1ccccc1CNCc1cc(Cl)c(OCc2ccccc2Cl)c(OC)c1. The maximum Gasteiger partial charge on any atom is 0.180 e. The second-order valence-electron chi connectivity index (χ2n) is 6.40. The molecule has 3 aromatic carbocycles. The molecule has 0 unspecified atom stereocenters. The molecule has 29 heavy (non-hydrogen) atoms. The summed E-state index contributed by atoms with van der Waals surface area (Å²) in [5.74, 6) is 1.94. The lowest BCUT2D eigenvalue weighted by Crippen LogP contribution is -2.13. The van der Waals surface area contributed by atoms with Gasteiger partial charge in [0.05, 0.1) is 19.2 Å². The molecule has 0 bridgehead atoms.